The van der Waals surface area contributed by atoms with Crippen molar-refractivity contribution in [3.8, 4) is 0 Å². The lowest BCUT2D eigenvalue weighted by atomic mass is 9.97. The van der Waals surface area contributed by atoms with Gasteiger partial charge in [0.2, 0.25) is 0 Å². The van der Waals surface area contributed by atoms with Crippen molar-refractivity contribution >= 4 is 18.1 Å². The van der Waals surface area contributed by atoms with Crippen LogP contribution in [0, 0.1) is 0 Å². The van der Waals surface area contributed by atoms with Gasteiger partial charge in [-0.05, 0) is 28.8 Å². The Morgan fingerprint density at radius 1 is 0.833 bits per heavy atom. The molecule has 0 aromatic heterocycles. The molecule has 0 radical (unpaired) electrons. The maximum atomic E-state index is 10.7. The lowest BCUT2D eigenvalue weighted by Gasteiger charge is -2.07. The summed E-state index contributed by atoms with van der Waals surface area (Å²) in [7, 11) is 0. The molecule has 0 heterocycles. The Morgan fingerprint density at radius 2 is 1.28 bits per heavy atom. The van der Waals surface area contributed by atoms with E-state index in [1.807, 2.05) is 24.3 Å². The monoisotopic (exact) mass is 236 g/mol. The highest BCUT2D eigenvalue weighted by Gasteiger charge is 2.04. The quantitative estimate of drug-likeness (QED) is 0.763. The van der Waals surface area contributed by atoms with Gasteiger partial charge in [-0.1, -0.05) is 43.0 Å². The minimum Gasteiger partial charge on any atom is -0.298 e. The van der Waals surface area contributed by atoms with E-state index in [9.17, 15) is 9.59 Å². The minimum absolute atomic E-state index is 0.611. The van der Waals surface area contributed by atoms with E-state index in [1.54, 1.807) is 24.3 Å². The van der Waals surface area contributed by atoms with Crippen LogP contribution in [-0.2, 0) is 0 Å². The lowest BCUT2D eigenvalue weighted by molar-refractivity contribution is 0.111. The largest absolute Gasteiger partial charge is 0.298 e. The Bertz CT molecular complexity index is 558. The standard InChI is InChI=1S/C16H12O2/c1-12(15-6-2-4-13(8-15)10-17)16-7-3-5-14(9-16)11-18/h2-11H,1H2. The number of hydrogen-bond donors (Lipinski definition) is 0. The molecule has 2 nitrogen and oxygen atoms in total. The highest BCUT2D eigenvalue weighted by Crippen LogP contribution is 2.22. The van der Waals surface area contributed by atoms with Gasteiger partial charge in [0.25, 0.3) is 0 Å². The van der Waals surface area contributed by atoms with Gasteiger partial charge in [-0.15, -0.1) is 0 Å². The Kier molecular flexibility index (Phi) is 3.49. The van der Waals surface area contributed by atoms with E-state index in [-0.39, 0.29) is 0 Å². The van der Waals surface area contributed by atoms with Crippen molar-refractivity contribution in [1.29, 1.82) is 0 Å². The fourth-order valence-corrected chi connectivity index (χ4v) is 1.77. The molecule has 2 heteroatoms. The van der Waals surface area contributed by atoms with E-state index in [1.165, 1.54) is 0 Å². The first-order valence-electron chi connectivity index (χ1n) is 5.55. The Hall–Kier alpha value is -2.48. The zero-order chi connectivity index (χ0) is 13.0. The first kappa shape index (κ1) is 12.0. The smallest absolute Gasteiger partial charge is 0.150 e. The Morgan fingerprint density at radius 3 is 1.67 bits per heavy atom. The maximum Gasteiger partial charge on any atom is 0.150 e. The van der Waals surface area contributed by atoms with Crippen LogP contribution in [0.1, 0.15) is 31.8 Å². The third kappa shape index (κ3) is 2.43. The average Bonchev–Trinajstić information content (AvgIpc) is 2.46. The van der Waals surface area contributed by atoms with Crippen molar-refractivity contribution < 1.29 is 9.59 Å². The molecule has 0 atom stereocenters. The summed E-state index contributed by atoms with van der Waals surface area (Å²) in [5.74, 6) is 0. The summed E-state index contributed by atoms with van der Waals surface area (Å²) in [6, 6.07) is 14.5. The van der Waals surface area contributed by atoms with E-state index in [4.69, 9.17) is 0 Å². The van der Waals surface area contributed by atoms with E-state index in [0.29, 0.717) is 11.1 Å². The number of carbonyl (C=O) groups is 2. The molecule has 0 aliphatic carbocycles. The summed E-state index contributed by atoms with van der Waals surface area (Å²) in [4.78, 5) is 21.5. The summed E-state index contributed by atoms with van der Waals surface area (Å²) in [6.45, 7) is 4.01. The van der Waals surface area contributed by atoms with Gasteiger partial charge in [0, 0.05) is 11.1 Å². The van der Waals surface area contributed by atoms with E-state index in [0.717, 1.165) is 29.3 Å². The van der Waals surface area contributed by atoms with Gasteiger partial charge >= 0.3 is 0 Å². The van der Waals surface area contributed by atoms with E-state index < -0.39 is 0 Å². The van der Waals surface area contributed by atoms with Crippen LogP contribution < -0.4 is 0 Å². The lowest BCUT2D eigenvalue weighted by Crippen LogP contribution is -1.90. The van der Waals surface area contributed by atoms with Crippen molar-refractivity contribution in [3.63, 3.8) is 0 Å². The second kappa shape index (κ2) is 5.23. The minimum atomic E-state index is 0.611. The molecule has 0 spiro atoms. The van der Waals surface area contributed by atoms with Crippen LogP contribution in [0.2, 0.25) is 0 Å². The molecule has 0 fully saturated rings. The molecule has 0 bridgehead atoms. The molecule has 0 aliphatic heterocycles. The van der Waals surface area contributed by atoms with Crippen LogP contribution in [0.5, 0.6) is 0 Å². The molecule has 2 aromatic carbocycles. The van der Waals surface area contributed by atoms with E-state index >= 15 is 0 Å². The maximum absolute atomic E-state index is 10.7. The SMILES string of the molecule is C=C(c1cccc(C=O)c1)c1cccc(C=O)c1. The molecule has 2 aromatic rings. The highest BCUT2D eigenvalue weighted by molar-refractivity contribution is 5.85. The summed E-state index contributed by atoms with van der Waals surface area (Å²) in [5.41, 5.74) is 3.77. The van der Waals surface area contributed by atoms with Gasteiger partial charge in [-0.2, -0.15) is 0 Å². The third-order valence-corrected chi connectivity index (χ3v) is 2.74. The molecule has 0 amide bonds. The summed E-state index contributed by atoms with van der Waals surface area (Å²) in [5, 5.41) is 0. The molecule has 0 saturated carbocycles. The summed E-state index contributed by atoms with van der Waals surface area (Å²) >= 11 is 0. The Balaban J connectivity index is 2.40. The number of aldehydes is 2. The molecule has 0 aliphatic rings. The fraction of sp³-hybridized carbons (Fsp3) is 0. The van der Waals surface area contributed by atoms with E-state index in [2.05, 4.69) is 6.58 Å². The number of carbonyl (C=O) groups excluding carboxylic acids is 2. The normalized spacial score (nSPS) is 9.78. The first-order chi connectivity index (χ1) is 8.74. The number of hydrogen-bond acceptors (Lipinski definition) is 2. The van der Waals surface area contributed by atoms with Crippen molar-refractivity contribution in [2.75, 3.05) is 0 Å². The highest BCUT2D eigenvalue weighted by atomic mass is 16.1. The average molecular weight is 236 g/mol. The van der Waals surface area contributed by atoms with Crippen molar-refractivity contribution in [2.45, 2.75) is 0 Å². The van der Waals surface area contributed by atoms with Crippen LogP contribution in [0.3, 0.4) is 0 Å². The predicted molar refractivity (Wildman–Crippen MR) is 71.8 cm³/mol. The molecular formula is C16H12O2. The molecule has 18 heavy (non-hydrogen) atoms. The van der Waals surface area contributed by atoms with Gasteiger partial charge in [-0.25, -0.2) is 0 Å². The van der Waals surface area contributed by atoms with Crippen molar-refractivity contribution in [2.24, 2.45) is 0 Å². The molecule has 88 valence electrons. The number of benzene rings is 2. The van der Waals surface area contributed by atoms with Gasteiger partial charge in [0.1, 0.15) is 12.6 Å². The topological polar surface area (TPSA) is 34.1 Å². The van der Waals surface area contributed by atoms with Gasteiger partial charge < -0.3 is 0 Å². The molecule has 0 N–H and O–H groups in total. The summed E-state index contributed by atoms with van der Waals surface area (Å²) < 4.78 is 0. The van der Waals surface area contributed by atoms with Crippen LogP contribution in [0.15, 0.2) is 55.1 Å². The first-order valence-corrected chi connectivity index (χ1v) is 5.55. The van der Waals surface area contributed by atoms with Gasteiger partial charge in [0.15, 0.2) is 0 Å². The second-order valence-corrected chi connectivity index (χ2v) is 3.97. The second-order valence-electron chi connectivity index (χ2n) is 3.97. The van der Waals surface area contributed by atoms with Crippen molar-refractivity contribution in [1.82, 2.24) is 0 Å². The molecular weight excluding hydrogens is 224 g/mol. The number of rotatable bonds is 4. The zero-order valence-corrected chi connectivity index (χ0v) is 9.80. The van der Waals surface area contributed by atoms with Gasteiger partial charge in [0.05, 0.1) is 0 Å². The fourth-order valence-electron chi connectivity index (χ4n) is 1.77. The van der Waals surface area contributed by atoms with Gasteiger partial charge in [-0.3, -0.25) is 9.59 Å². The van der Waals surface area contributed by atoms with Crippen LogP contribution >= 0.6 is 0 Å². The zero-order valence-electron chi connectivity index (χ0n) is 9.80. The van der Waals surface area contributed by atoms with Crippen LogP contribution in [0.25, 0.3) is 5.57 Å². The molecule has 0 saturated heterocycles. The molecule has 0 unspecified atom stereocenters. The molecule has 2 rings (SSSR count). The predicted octanol–water partition coefficient (Wildman–Crippen LogP) is 3.37. The summed E-state index contributed by atoms with van der Waals surface area (Å²) in [6.07, 6.45) is 1.61. The van der Waals surface area contributed by atoms with Crippen LogP contribution in [-0.4, -0.2) is 12.6 Å². The third-order valence-electron chi connectivity index (χ3n) is 2.74. The van der Waals surface area contributed by atoms with Crippen molar-refractivity contribution in [3.05, 3.63) is 77.4 Å². The van der Waals surface area contributed by atoms with Crippen LogP contribution in [0.4, 0.5) is 0 Å². The Labute approximate surface area is 106 Å².